The molecular weight excluding hydrogens is 248 g/mol. The first kappa shape index (κ1) is 15.5. The van der Waals surface area contributed by atoms with E-state index in [1.165, 1.54) is 31.4 Å². The molecular formula is C17H28N2O. The Bertz CT molecular complexity index is 382. The molecule has 2 N–H and O–H groups in total. The van der Waals surface area contributed by atoms with Gasteiger partial charge >= 0.3 is 0 Å². The quantitative estimate of drug-likeness (QED) is 0.838. The molecule has 2 rings (SSSR count). The Labute approximate surface area is 123 Å². The van der Waals surface area contributed by atoms with Gasteiger partial charge in [-0.1, -0.05) is 30.7 Å². The third kappa shape index (κ3) is 4.58. The molecule has 1 aliphatic rings. The van der Waals surface area contributed by atoms with E-state index in [1.807, 2.05) is 12.1 Å². The summed E-state index contributed by atoms with van der Waals surface area (Å²) in [4.78, 5) is 2.54. The summed E-state index contributed by atoms with van der Waals surface area (Å²) in [5, 5.41) is 12.7. The smallest absolute Gasteiger partial charge is 0.0681 e. The van der Waals surface area contributed by atoms with Gasteiger partial charge in [0.25, 0.3) is 0 Å². The molecule has 0 saturated carbocycles. The molecule has 0 bridgehead atoms. The van der Waals surface area contributed by atoms with E-state index in [0.717, 1.165) is 18.7 Å². The lowest BCUT2D eigenvalue weighted by Crippen LogP contribution is -2.45. The lowest BCUT2D eigenvalue weighted by Gasteiger charge is -2.33. The minimum Gasteiger partial charge on any atom is -0.392 e. The first-order valence-electron chi connectivity index (χ1n) is 7.85. The predicted octanol–water partition coefficient (Wildman–Crippen LogP) is 2.53. The fourth-order valence-corrected chi connectivity index (χ4v) is 2.81. The maximum atomic E-state index is 9.10. The van der Waals surface area contributed by atoms with Crippen molar-refractivity contribution in [1.29, 1.82) is 0 Å². The molecule has 0 spiro atoms. The van der Waals surface area contributed by atoms with Crippen molar-refractivity contribution in [3.8, 4) is 0 Å². The number of aliphatic hydroxyl groups excluding tert-OH is 1. The van der Waals surface area contributed by atoms with E-state index < -0.39 is 0 Å². The number of piperidine rings is 1. The first-order valence-corrected chi connectivity index (χ1v) is 7.85. The molecule has 3 nitrogen and oxygen atoms in total. The molecule has 1 heterocycles. The number of hydrogen-bond donors (Lipinski definition) is 2. The molecule has 0 amide bonds. The summed E-state index contributed by atoms with van der Waals surface area (Å²) in [5.74, 6) is 0. The van der Waals surface area contributed by atoms with Gasteiger partial charge in [-0.05, 0) is 44.4 Å². The van der Waals surface area contributed by atoms with Crippen LogP contribution in [0.3, 0.4) is 0 Å². The molecule has 0 aliphatic carbocycles. The van der Waals surface area contributed by atoms with Gasteiger partial charge in [0, 0.05) is 25.2 Å². The fraction of sp³-hybridized carbons (Fsp3) is 0.647. The van der Waals surface area contributed by atoms with Crippen LogP contribution in [0.15, 0.2) is 24.3 Å². The van der Waals surface area contributed by atoms with E-state index in [4.69, 9.17) is 5.11 Å². The van der Waals surface area contributed by atoms with Crippen molar-refractivity contribution in [2.24, 2.45) is 0 Å². The Morgan fingerprint density at radius 3 is 2.45 bits per heavy atom. The lowest BCUT2D eigenvalue weighted by atomic mass is 10.0. The van der Waals surface area contributed by atoms with Crippen LogP contribution in [0.25, 0.3) is 0 Å². The second-order valence-corrected chi connectivity index (χ2v) is 6.14. The van der Waals surface area contributed by atoms with Crippen LogP contribution in [-0.4, -0.2) is 35.2 Å². The standard InChI is InChI=1S/C17H28N2O/c1-14(2)19(12-17-5-3-4-10-18-17)11-15-6-8-16(13-20)9-7-15/h6-9,14,17-18,20H,3-5,10-13H2,1-2H3. The second kappa shape index (κ2) is 7.77. The van der Waals surface area contributed by atoms with E-state index in [1.54, 1.807) is 0 Å². The highest BCUT2D eigenvalue weighted by atomic mass is 16.3. The van der Waals surface area contributed by atoms with Gasteiger partial charge in [0.15, 0.2) is 0 Å². The molecule has 1 unspecified atom stereocenters. The van der Waals surface area contributed by atoms with Gasteiger partial charge in [-0.3, -0.25) is 4.90 Å². The monoisotopic (exact) mass is 276 g/mol. The molecule has 1 fully saturated rings. The van der Waals surface area contributed by atoms with Crippen molar-refractivity contribution in [3.05, 3.63) is 35.4 Å². The minimum absolute atomic E-state index is 0.125. The first-order chi connectivity index (χ1) is 9.69. The van der Waals surface area contributed by atoms with Crippen molar-refractivity contribution in [1.82, 2.24) is 10.2 Å². The molecule has 1 aromatic carbocycles. The van der Waals surface area contributed by atoms with E-state index in [0.29, 0.717) is 12.1 Å². The SMILES string of the molecule is CC(C)N(Cc1ccc(CO)cc1)CC1CCCCN1. The molecule has 1 aliphatic heterocycles. The van der Waals surface area contributed by atoms with Gasteiger partial charge in [0.1, 0.15) is 0 Å². The largest absolute Gasteiger partial charge is 0.392 e. The van der Waals surface area contributed by atoms with E-state index in [2.05, 4.69) is 36.2 Å². The van der Waals surface area contributed by atoms with Crippen LogP contribution in [0.5, 0.6) is 0 Å². The summed E-state index contributed by atoms with van der Waals surface area (Å²) in [7, 11) is 0. The number of rotatable bonds is 6. The zero-order valence-corrected chi connectivity index (χ0v) is 12.8. The van der Waals surface area contributed by atoms with Crippen LogP contribution < -0.4 is 5.32 Å². The van der Waals surface area contributed by atoms with Gasteiger partial charge in [-0.2, -0.15) is 0 Å². The van der Waals surface area contributed by atoms with Crippen LogP contribution >= 0.6 is 0 Å². The highest BCUT2D eigenvalue weighted by molar-refractivity contribution is 5.22. The molecule has 20 heavy (non-hydrogen) atoms. The Kier molecular flexibility index (Phi) is 6.02. The highest BCUT2D eigenvalue weighted by Crippen LogP contribution is 2.14. The van der Waals surface area contributed by atoms with Crippen LogP contribution in [0.1, 0.15) is 44.2 Å². The Morgan fingerprint density at radius 2 is 1.90 bits per heavy atom. The number of hydrogen-bond acceptors (Lipinski definition) is 3. The Morgan fingerprint density at radius 1 is 1.20 bits per heavy atom. The maximum absolute atomic E-state index is 9.10. The summed E-state index contributed by atoms with van der Waals surface area (Å²) >= 11 is 0. The van der Waals surface area contributed by atoms with Gasteiger partial charge in [0.2, 0.25) is 0 Å². The van der Waals surface area contributed by atoms with Crippen molar-refractivity contribution in [2.75, 3.05) is 13.1 Å². The third-order valence-electron chi connectivity index (χ3n) is 4.19. The van der Waals surface area contributed by atoms with Crippen LogP contribution in [0, 0.1) is 0 Å². The molecule has 112 valence electrons. The van der Waals surface area contributed by atoms with Crippen molar-refractivity contribution in [2.45, 2.75) is 58.3 Å². The third-order valence-corrected chi connectivity index (χ3v) is 4.19. The number of benzene rings is 1. The summed E-state index contributed by atoms with van der Waals surface area (Å²) in [6.07, 6.45) is 3.97. The Hall–Kier alpha value is -0.900. The van der Waals surface area contributed by atoms with Crippen molar-refractivity contribution < 1.29 is 5.11 Å². The summed E-state index contributed by atoms with van der Waals surface area (Å²) in [5.41, 5.74) is 2.31. The normalized spacial score (nSPS) is 19.8. The van der Waals surface area contributed by atoms with E-state index in [-0.39, 0.29) is 6.61 Å². The average molecular weight is 276 g/mol. The minimum atomic E-state index is 0.125. The van der Waals surface area contributed by atoms with Crippen LogP contribution in [0.4, 0.5) is 0 Å². The molecule has 1 aromatic rings. The van der Waals surface area contributed by atoms with Crippen molar-refractivity contribution >= 4 is 0 Å². The molecule has 3 heteroatoms. The second-order valence-electron chi connectivity index (χ2n) is 6.14. The van der Waals surface area contributed by atoms with E-state index >= 15 is 0 Å². The van der Waals surface area contributed by atoms with Gasteiger partial charge < -0.3 is 10.4 Å². The topological polar surface area (TPSA) is 35.5 Å². The molecule has 0 aromatic heterocycles. The maximum Gasteiger partial charge on any atom is 0.0681 e. The van der Waals surface area contributed by atoms with Gasteiger partial charge in [0.05, 0.1) is 6.61 Å². The molecule has 0 radical (unpaired) electrons. The Balaban J connectivity index is 1.93. The molecule has 1 atom stereocenters. The van der Waals surface area contributed by atoms with Gasteiger partial charge in [-0.25, -0.2) is 0 Å². The molecule has 1 saturated heterocycles. The lowest BCUT2D eigenvalue weighted by molar-refractivity contribution is 0.177. The summed E-state index contributed by atoms with van der Waals surface area (Å²) < 4.78 is 0. The summed E-state index contributed by atoms with van der Waals surface area (Å²) in [6, 6.07) is 9.50. The zero-order valence-electron chi connectivity index (χ0n) is 12.8. The van der Waals surface area contributed by atoms with Crippen molar-refractivity contribution in [3.63, 3.8) is 0 Å². The van der Waals surface area contributed by atoms with Crippen LogP contribution in [-0.2, 0) is 13.2 Å². The fourth-order valence-electron chi connectivity index (χ4n) is 2.81. The number of nitrogens with zero attached hydrogens (tertiary/aromatic N) is 1. The van der Waals surface area contributed by atoms with Gasteiger partial charge in [-0.15, -0.1) is 0 Å². The van der Waals surface area contributed by atoms with E-state index in [9.17, 15) is 0 Å². The zero-order chi connectivity index (χ0) is 14.4. The highest BCUT2D eigenvalue weighted by Gasteiger charge is 2.18. The number of aliphatic hydroxyl groups is 1. The predicted molar refractivity (Wildman–Crippen MR) is 83.6 cm³/mol. The summed E-state index contributed by atoms with van der Waals surface area (Å²) in [6.45, 7) is 7.94. The van der Waals surface area contributed by atoms with Crippen LogP contribution in [0.2, 0.25) is 0 Å². The average Bonchev–Trinajstić information content (AvgIpc) is 2.48. The number of nitrogens with one attached hydrogen (secondary N) is 1.